The van der Waals surface area contributed by atoms with Crippen LogP contribution >= 0.6 is 23.1 Å². The van der Waals surface area contributed by atoms with E-state index in [-0.39, 0.29) is 23.1 Å². The topological polar surface area (TPSA) is 192 Å². The lowest BCUT2D eigenvalue weighted by atomic mass is 10.0. The van der Waals surface area contributed by atoms with E-state index in [4.69, 9.17) is 19.9 Å². The molecule has 14 nitrogen and oxygen atoms in total. The molecule has 1 saturated heterocycles. The van der Waals surface area contributed by atoms with Gasteiger partial charge in [0.1, 0.15) is 22.8 Å². The molecule has 1 aromatic heterocycles. The molecule has 0 aromatic carbocycles. The first-order chi connectivity index (χ1) is 16.2. The van der Waals surface area contributed by atoms with Crippen molar-refractivity contribution in [3.8, 4) is 0 Å². The van der Waals surface area contributed by atoms with Crippen LogP contribution < -0.4 is 11.1 Å². The molecule has 0 radical (unpaired) electrons. The number of ether oxygens (including phenoxy) is 4. The Bertz CT molecular complexity index is 1060. The molecule has 3 rings (SSSR count). The van der Waals surface area contributed by atoms with Crippen molar-refractivity contribution >= 4 is 57.9 Å². The molecule has 2 amide bonds. The van der Waals surface area contributed by atoms with E-state index >= 15 is 0 Å². The summed E-state index contributed by atoms with van der Waals surface area (Å²) in [6.45, 7) is 1.35. The van der Waals surface area contributed by atoms with Crippen LogP contribution in [0.3, 0.4) is 0 Å². The predicted octanol–water partition coefficient (Wildman–Crippen LogP) is -0.124. The first-order valence-electron chi connectivity index (χ1n) is 9.57. The number of rotatable bonds is 8. The lowest BCUT2D eigenvalue weighted by Crippen LogP contribution is -2.71. The fourth-order valence-electron chi connectivity index (χ4n) is 3.19. The lowest BCUT2D eigenvalue weighted by Gasteiger charge is -2.49. The molecule has 2 unspecified atom stereocenters. The van der Waals surface area contributed by atoms with E-state index in [1.807, 2.05) is 0 Å². The van der Waals surface area contributed by atoms with Gasteiger partial charge in [-0.05, 0) is 5.57 Å². The Morgan fingerprint density at radius 3 is 2.71 bits per heavy atom. The number of hydrogen-bond donors (Lipinski definition) is 3. The zero-order valence-electron chi connectivity index (χ0n) is 18.2. The Labute approximate surface area is 201 Å². The Morgan fingerprint density at radius 2 is 2.12 bits per heavy atom. The number of carbonyl (C=O) groups excluding carboxylic acids is 4. The number of nitrogens with one attached hydrogen (secondary N) is 1. The normalized spacial score (nSPS) is 20.7. The monoisotopic (exact) mass is 515 g/mol. The first kappa shape index (κ1) is 25.3. The molecule has 16 heteroatoms. The van der Waals surface area contributed by atoms with Crippen LogP contribution in [0.4, 0.5) is 9.93 Å². The molecule has 1 fully saturated rings. The molecular formula is C18H21N5O9S2. The molecular weight excluding hydrogens is 494 g/mol. The molecule has 0 aliphatic carbocycles. The highest BCUT2D eigenvalue weighted by Crippen LogP contribution is 2.40. The molecule has 0 spiro atoms. The van der Waals surface area contributed by atoms with Crippen molar-refractivity contribution in [3.63, 3.8) is 0 Å². The summed E-state index contributed by atoms with van der Waals surface area (Å²) < 4.78 is 19.4. The van der Waals surface area contributed by atoms with Crippen molar-refractivity contribution in [3.05, 3.63) is 22.3 Å². The molecule has 3 atom stereocenters. The predicted molar refractivity (Wildman–Crippen MR) is 118 cm³/mol. The van der Waals surface area contributed by atoms with Crippen molar-refractivity contribution in [2.24, 2.45) is 5.16 Å². The summed E-state index contributed by atoms with van der Waals surface area (Å²) in [5, 5.41) is 15.7. The van der Waals surface area contributed by atoms with Crippen molar-refractivity contribution in [2.75, 3.05) is 32.3 Å². The minimum atomic E-state index is -1.29. The number of oxime groups is 1. The maximum atomic E-state index is 12.9. The van der Waals surface area contributed by atoms with Gasteiger partial charge in [-0.2, -0.15) is 0 Å². The number of β-lactam (4-membered cyclic amide) rings is 1. The van der Waals surface area contributed by atoms with Crippen molar-refractivity contribution in [1.29, 1.82) is 0 Å². The summed E-state index contributed by atoms with van der Waals surface area (Å²) in [5.41, 5.74) is 5.60. The summed E-state index contributed by atoms with van der Waals surface area (Å²) in [4.78, 5) is 54.7. The lowest BCUT2D eigenvalue weighted by molar-refractivity contribution is -0.168. The average Bonchev–Trinajstić information content (AvgIpc) is 3.23. The summed E-state index contributed by atoms with van der Waals surface area (Å²) >= 11 is 2.34. The Hall–Kier alpha value is -3.37. The van der Waals surface area contributed by atoms with Crippen LogP contribution in [0.15, 0.2) is 21.8 Å². The number of anilines is 1. The second-order valence-corrected chi connectivity index (χ2v) is 8.81. The number of nitrogen functional groups attached to an aromatic ring is 1. The molecule has 2 aliphatic heterocycles. The Balaban J connectivity index is 1.75. The summed E-state index contributed by atoms with van der Waals surface area (Å²) in [7, 11) is 2.53. The number of esters is 1. The standard InChI is InChI=1S/C18H21N5O9S2/c1-7(32-18(27)30-3)31-16(26)12-8(4-29-2)5-33-15-11(14(25)23(12)15)21-13(24)10(22-28)9-6-34-17(19)20-9/h6-7,11,15,28H,4-5H2,1-3H3,(H2,19,20)(H,21,24)/t7?,11?,15-/m0/s1. The fraction of sp³-hybridized carbons (Fsp3) is 0.444. The summed E-state index contributed by atoms with van der Waals surface area (Å²) in [6, 6.07) is -1.01. The van der Waals surface area contributed by atoms with E-state index < -0.39 is 47.4 Å². The maximum Gasteiger partial charge on any atom is 0.511 e. The van der Waals surface area contributed by atoms with Gasteiger partial charge >= 0.3 is 12.1 Å². The summed E-state index contributed by atoms with van der Waals surface area (Å²) in [6.07, 6.45) is -2.33. The zero-order valence-corrected chi connectivity index (χ0v) is 19.8. The number of nitrogens with zero attached hydrogens (tertiary/aromatic N) is 3. The van der Waals surface area contributed by atoms with Gasteiger partial charge in [-0.15, -0.1) is 23.1 Å². The minimum absolute atomic E-state index is 0.0454. The van der Waals surface area contributed by atoms with Gasteiger partial charge in [-0.3, -0.25) is 14.5 Å². The van der Waals surface area contributed by atoms with Crippen LogP contribution in [-0.4, -0.2) is 89.0 Å². The van der Waals surface area contributed by atoms with Gasteiger partial charge in [0.25, 0.3) is 11.8 Å². The van der Waals surface area contributed by atoms with Crippen LogP contribution in [0.5, 0.6) is 0 Å². The number of carbonyl (C=O) groups is 4. The van der Waals surface area contributed by atoms with Crippen LogP contribution in [-0.2, 0) is 33.3 Å². The number of thioether (sulfide) groups is 1. The van der Waals surface area contributed by atoms with Crippen LogP contribution in [0.2, 0.25) is 0 Å². The number of nitrogens with two attached hydrogens (primary N) is 1. The van der Waals surface area contributed by atoms with E-state index in [2.05, 4.69) is 20.2 Å². The second kappa shape index (κ2) is 10.7. The minimum Gasteiger partial charge on any atom is -0.438 e. The molecule has 0 bridgehead atoms. The number of methoxy groups -OCH3 is 2. The van der Waals surface area contributed by atoms with Crippen molar-refractivity contribution < 1.29 is 43.3 Å². The van der Waals surface area contributed by atoms with Crippen LogP contribution in [0.1, 0.15) is 12.6 Å². The quantitative estimate of drug-likeness (QED) is 0.104. The molecule has 184 valence electrons. The number of fused-ring (bicyclic) bond motifs is 1. The van der Waals surface area contributed by atoms with E-state index in [0.717, 1.165) is 18.4 Å². The van der Waals surface area contributed by atoms with E-state index in [0.29, 0.717) is 11.3 Å². The molecule has 4 N–H and O–H groups in total. The van der Waals surface area contributed by atoms with Gasteiger partial charge in [0.05, 0.1) is 13.7 Å². The Morgan fingerprint density at radius 1 is 1.38 bits per heavy atom. The molecule has 1 aromatic rings. The molecule has 2 aliphatic rings. The summed E-state index contributed by atoms with van der Waals surface area (Å²) in [5.74, 6) is -2.05. The third-order valence-corrected chi connectivity index (χ3v) is 6.64. The van der Waals surface area contributed by atoms with E-state index in [1.165, 1.54) is 36.1 Å². The maximum absolute atomic E-state index is 12.9. The number of aromatic nitrogens is 1. The number of thiazole rings is 1. The molecule has 3 heterocycles. The molecule has 34 heavy (non-hydrogen) atoms. The third-order valence-electron chi connectivity index (χ3n) is 4.63. The van der Waals surface area contributed by atoms with Crippen LogP contribution in [0, 0.1) is 0 Å². The van der Waals surface area contributed by atoms with Gasteiger partial charge in [0, 0.05) is 25.2 Å². The van der Waals surface area contributed by atoms with Crippen LogP contribution in [0.25, 0.3) is 0 Å². The van der Waals surface area contributed by atoms with Gasteiger partial charge in [-0.1, -0.05) is 5.16 Å². The fourth-order valence-corrected chi connectivity index (χ4v) is 5.07. The SMILES string of the molecule is COCC1=C(C(=O)OC(C)OC(=O)OC)N2C(=O)C(NC(=O)C(=NO)c3csc(N)n3)[C@@H]2SC1. The first-order valence-corrected chi connectivity index (χ1v) is 11.5. The second-order valence-electron chi connectivity index (χ2n) is 6.81. The number of hydrogen-bond acceptors (Lipinski definition) is 14. The highest BCUT2D eigenvalue weighted by Gasteiger charge is 2.55. The zero-order chi connectivity index (χ0) is 25.0. The van der Waals surface area contributed by atoms with Gasteiger partial charge < -0.3 is 35.2 Å². The smallest absolute Gasteiger partial charge is 0.438 e. The van der Waals surface area contributed by atoms with E-state index in [9.17, 15) is 24.4 Å². The van der Waals surface area contributed by atoms with Gasteiger partial charge in [0.15, 0.2) is 10.8 Å². The van der Waals surface area contributed by atoms with Gasteiger partial charge in [0.2, 0.25) is 6.29 Å². The highest BCUT2D eigenvalue weighted by molar-refractivity contribution is 8.00. The Kier molecular flexibility index (Phi) is 7.95. The van der Waals surface area contributed by atoms with Crippen molar-refractivity contribution in [1.82, 2.24) is 15.2 Å². The average molecular weight is 516 g/mol. The van der Waals surface area contributed by atoms with E-state index in [1.54, 1.807) is 0 Å². The highest BCUT2D eigenvalue weighted by atomic mass is 32.2. The largest absolute Gasteiger partial charge is 0.511 e. The van der Waals surface area contributed by atoms with Crippen molar-refractivity contribution in [2.45, 2.75) is 24.6 Å². The number of amides is 2. The molecule has 0 saturated carbocycles. The third kappa shape index (κ3) is 5.07. The van der Waals surface area contributed by atoms with Gasteiger partial charge in [-0.25, -0.2) is 14.6 Å².